The average Bonchev–Trinajstić information content (AvgIpc) is 2.71. The SMILES string of the molecule is O=C(C=Cc1cccc(C=CC(=O)c2ccccc2Br)c1)c1ccccc1Br. The fourth-order valence-corrected chi connectivity index (χ4v) is 3.57. The van der Waals surface area contributed by atoms with Gasteiger partial charge in [-0.15, -0.1) is 0 Å². The number of carbonyl (C=O) groups excluding carboxylic acids is 2. The van der Waals surface area contributed by atoms with E-state index in [0.717, 1.165) is 20.1 Å². The van der Waals surface area contributed by atoms with Gasteiger partial charge >= 0.3 is 0 Å². The normalized spacial score (nSPS) is 11.2. The van der Waals surface area contributed by atoms with Crippen LogP contribution in [0.4, 0.5) is 0 Å². The number of benzene rings is 3. The average molecular weight is 496 g/mol. The molecule has 0 radical (unpaired) electrons. The molecule has 138 valence electrons. The van der Waals surface area contributed by atoms with Crippen LogP contribution in [0.3, 0.4) is 0 Å². The van der Waals surface area contributed by atoms with Gasteiger partial charge in [-0.3, -0.25) is 9.59 Å². The van der Waals surface area contributed by atoms with Crippen LogP contribution in [0.2, 0.25) is 0 Å². The third-order valence-corrected chi connectivity index (χ3v) is 5.43. The summed E-state index contributed by atoms with van der Waals surface area (Å²) in [4.78, 5) is 24.7. The number of rotatable bonds is 6. The van der Waals surface area contributed by atoms with E-state index in [1.54, 1.807) is 36.4 Å². The standard InChI is InChI=1S/C24H16Br2O2/c25-21-10-3-1-8-19(21)23(27)14-12-17-6-5-7-18(16-17)13-15-24(28)20-9-2-4-11-22(20)26/h1-16H. The van der Waals surface area contributed by atoms with Crippen LogP contribution in [0.15, 0.2) is 93.9 Å². The second-order valence-corrected chi connectivity index (χ2v) is 7.73. The second-order valence-electron chi connectivity index (χ2n) is 6.02. The van der Waals surface area contributed by atoms with Gasteiger partial charge < -0.3 is 0 Å². The van der Waals surface area contributed by atoms with E-state index in [4.69, 9.17) is 0 Å². The summed E-state index contributed by atoms with van der Waals surface area (Å²) in [6, 6.07) is 22.3. The maximum atomic E-state index is 12.3. The largest absolute Gasteiger partial charge is 0.289 e. The summed E-state index contributed by atoms with van der Waals surface area (Å²) in [6.45, 7) is 0. The predicted molar refractivity (Wildman–Crippen MR) is 121 cm³/mol. The molecule has 0 saturated carbocycles. The molecule has 0 atom stereocenters. The Bertz CT molecular complexity index is 998. The van der Waals surface area contributed by atoms with Crippen LogP contribution in [-0.2, 0) is 0 Å². The van der Waals surface area contributed by atoms with Gasteiger partial charge in [0.2, 0.25) is 0 Å². The van der Waals surface area contributed by atoms with E-state index in [0.29, 0.717) is 11.1 Å². The Hall–Kier alpha value is -2.56. The number of carbonyl (C=O) groups is 2. The zero-order chi connectivity index (χ0) is 19.9. The summed E-state index contributed by atoms with van der Waals surface area (Å²) in [5.41, 5.74) is 3.01. The second kappa shape index (κ2) is 9.58. The molecule has 0 aliphatic carbocycles. The van der Waals surface area contributed by atoms with E-state index in [1.807, 2.05) is 60.7 Å². The van der Waals surface area contributed by atoms with E-state index >= 15 is 0 Å². The van der Waals surface area contributed by atoms with Crippen LogP contribution in [-0.4, -0.2) is 11.6 Å². The summed E-state index contributed by atoms with van der Waals surface area (Å²) in [6.07, 6.45) is 6.65. The summed E-state index contributed by atoms with van der Waals surface area (Å²) >= 11 is 6.79. The van der Waals surface area contributed by atoms with Crippen molar-refractivity contribution in [2.45, 2.75) is 0 Å². The molecular formula is C24H16Br2O2. The minimum atomic E-state index is -0.0717. The van der Waals surface area contributed by atoms with Gasteiger partial charge in [0.05, 0.1) is 0 Å². The molecule has 0 aromatic heterocycles. The highest BCUT2D eigenvalue weighted by Gasteiger charge is 2.06. The van der Waals surface area contributed by atoms with Crippen molar-refractivity contribution in [3.05, 3.63) is 116 Å². The molecule has 3 rings (SSSR count). The highest BCUT2D eigenvalue weighted by molar-refractivity contribution is 9.10. The highest BCUT2D eigenvalue weighted by atomic mass is 79.9. The Balaban J connectivity index is 1.74. The lowest BCUT2D eigenvalue weighted by atomic mass is 10.1. The van der Waals surface area contributed by atoms with E-state index in [1.165, 1.54) is 0 Å². The Labute approximate surface area is 180 Å². The smallest absolute Gasteiger partial charge is 0.186 e. The van der Waals surface area contributed by atoms with Crippen LogP contribution >= 0.6 is 31.9 Å². The summed E-state index contributed by atoms with van der Waals surface area (Å²) in [7, 11) is 0. The fourth-order valence-electron chi connectivity index (χ4n) is 2.61. The minimum Gasteiger partial charge on any atom is -0.289 e. The molecule has 28 heavy (non-hydrogen) atoms. The van der Waals surface area contributed by atoms with Crippen molar-refractivity contribution in [1.29, 1.82) is 0 Å². The topological polar surface area (TPSA) is 34.1 Å². The van der Waals surface area contributed by atoms with Crippen LogP contribution in [0.1, 0.15) is 31.8 Å². The van der Waals surface area contributed by atoms with Crippen molar-refractivity contribution in [3.63, 3.8) is 0 Å². The maximum Gasteiger partial charge on any atom is 0.186 e. The lowest BCUT2D eigenvalue weighted by Crippen LogP contribution is -1.95. The Morgan fingerprint density at radius 3 is 1.46 bits per heavy atom. The third kappa shape index (κ3) is 5.24. The number of halogens is 2. The summed E-state index contributed by atoms with van der Waals surface area (Å²) < 4.78 is 1.54. The van der Waals surface area contributed by atoms with Gasteiger partial charge in [0, 0.05) is 20.1 Å². The van der Waals surface area contributed by atoms with Gasteiger partial charge in [-0.2, -0.15) is 0 Å². The lowest BCUT2D eigenvalue weighted by molar-refractivity contribution is 0.103. The molecule has 0 spiro atoms. The first-order chi connectivity index (χ1) is 13.5. The molecule has 0 amide bonds. The number of hydrogen-bond acceptors (Lipinski definition) is 2. The quantitative estimate of drug-likeness (QED) is 0.272. The van der Waals surface area contributed by atoms with Crippen molar-refractivity contribution >= 4 is 55.6 Å². The third-order valence-electron chi connectivity index (χ3n) is 4.04. The molecule has 0 saturated heterocycles. The van der Waals surface area contributed by atoms with E-state index < -0.39 is 0 Å². The van der Waals surface area contributed by atoms with Gasteiger partial charge in [-0.25, -0.2) is 0 Å². The van der Waals surface area contributed by atoms with E-state index in [9.17, 15) is 9.59 Å². The molecule has 3 aromatic carbocycles. The van der Waals surface area contributed by atoms with Gasteiger partial charge in [0.15, 0.2) is 11.6 Å². The molecule has 4 heteroatoms. The molecule has 0 fully saturated rings. The van der Waals surface area contributed by atoms with Gasteiger partial charge in [-0.1, -0.05) is 86.5 Å². The predicted octanol–water partition coefficient (Wildman–Crippen LogP) is 7.00. The lowest BCUT2D eigenvalue weighted by Gasteiger charge is -2.01. The zero-order valence-corrected chi connectivity index (χ0v) is 18.0. The molecular weight excluding hydrogens is 480 g/mol. The van der Waals surface area contributed by atoms with Gasteiger partial charge in [0.25, 0.3) is 0 Å². The molecule has 3 aromatic rings. The summed E-state index contributed by atoms with van der Waals surface area (Å²) in [5.74, 6) is -0.143. The minimum absolute atomic E-state index is 0.0717. The highest BCUT2D eigenvalue weighted by Crippen LogP contribution is 2.19. The van der Waals surface area contributed by atoms with Crippen LogP contribution < -0.4 is 0 Å². The number of allylic oxidation sites excluding steroid dienone is 2. The van der Waals surface area contributed by atoms with Crippen molar-refractivity contribution in [1.82, 2.24) is 0 Å². The maximum absolute atomic E-state index is 12.3. The molecule has 0 N–H and O–H groups in total. The molecule has 0 aliphatic rings. The zero-order valence-electron chi connectivity index (χ0n) is 14.8. The number of ketones is 2. The Morgan fingerprint density at radius 1 is 0.607 bits per heavy atom. The fraction of sp³-hybridized carbons (Fsp3) is 0. The van der Waals surface area contributed by atoms with Crippen molar-refractivity contribution in [2.24, 2.45) is 0 Å². The van der Waals surface area contributed by atoms with E-state index in [2.05, 4.69) is 31.9 Å². The molecule has 0 unspecified atom stereocenters. The van der Waals surface area contributed by atoms with E-state index in [-0.39, 0.29) is 11.6 Å². The Morgan fingerprint density at radius 2 is 1.04 bits per heavy atom. The first-order valence-corrected chi connectivity index (χ1v) is 10.2. The monoisotopic (exact) mass is 494 g/mol. The van der Waals surface area contributed by atoms with Crippen molar-refractivity contribution in [3.8, 4) is 0 Å². The molecule has 0 heterocycles. The van der Waals surface area contributed by atoms with Crippen molar-refractivity contribution in [2.75, 3.05) is 0 Å². The summed E-state index contributed by atoms with van der Waals surface area (Å²) in [5, 5.41) is 0. The van der Waals surface area contributed by atoms with Crippen LogP contribution in [0, 0.1) is 0 Å². The molecule has 2 nitrogen and oxygen atoms in total. The van der Waals surface area contributed by atoms with Crippen LogP contribution in [0.25, 0.3) is 12.2 Å². The first kappa shape index (κ1) is 20.2. The first-order valence-electron chi connectivity index (χ1n) is 8.58. The van der Waals surface area contributed by atoms with Gasteiger partial charge in [-0.05, 0) is 53.6 Å². The molecule has 0 aliphatic heterocycles. The van der Waals surface area contributed by atoms with Crippen LogP contribution in [0.5, 0.6) is 0 Å². The van der Waals surface area contributed by atoms with Crippen molar-refractivity contribution < 1.29 is 9.59 Å². The Kier molecular flexibility index (Phi) is 6.90. The number of hydrogen-bond donors (Lipinski definition) is 0. The van der Waals surface area contributed by atoms with Gasteiger partial charge in [0.1, 0.15) is 0 Å². The molecule has 0 bridgehead atoms.